The molecule has 0 saturated carbocycles. The fourth-order valence-corrected chi connectivity index (χ4v) is 2.18. The normalized spacial score (nSPS) is 12.8. The van der Waals surface area contributed by atoms with E-state index in [1.165, 1.54) is 6.20 Å². The Bertz CT molecular complexity index is 522. The molecule has 1 N–H and O–H groups in total. The van der Waals surface area contributed by atoms with Crippen LogP contribution in [0.5, 0.6) is 0 Å². The van der Waals surface area contributed by atoms with E-state index >= 15 is 0 Å². The first-order valence-electron chi connectivity index (χ1n) is 9.79. The van der Waals surface area contributed by atoms with Crippen LogP contribution >= 0.6 is 0 Å². The molecule has 0 aliphatic heterocycles. The summed E-state index contributed by atoms with van der Waals surface area (Å²) in [5, 5.41) is 12.5. The number of nitrogens with zero attached hydrogens (tertiary/aromatic N) is 3. The van der Waals surface area contributed by atoms with E-state index in [9.17, 15) is 4.79 Å². The first kappa shape index (κ1) is 26.3. The van der Waals surface area contributed by atoms with E-state index in [0.717, 1.165) is 12.8 Å². The summed E-state index contributed by atoms with van der Waals surface area (Å²) in [5.74, 6) is 0.0311. The quantitative estimate of drug-likeness (QED) is 0.267. The molecule has 28 heavy (non-hydrogen) atoms. The Morgan fingerprint density at radius 3 is 2.21 bits per heavy atom. The molecular weight excluding hydrogens is 356 g/mol. The van der Waals surface area contributed by atoms with Gasteiger partial charge in [0.05, 0.1) is 17.7 Å². The van der Waals surface area contributed by atoms with Crippen molar-refractivity contribution in [2.24, 2.45) is 15.8 Å². The Labute approximate surface area is 171 Å². The molecule has 0 unspecified atom stereocenters. The fraction of sp³-hybridized carbons (Fsp3) is 0.762. The van der Waals surface area contributed by atoms with Gasteiger partial charge in [-0.25, -0.2) is 5.01 Å². The predicted octanol–water partition coefficient (Wildman–Crippen LogP) is 4.48. The summed E-state index contributed by atoms with van der Waals surface area (Å²) >= 11 is 0. The van der Waals surface area contributed by atoms with Crippen molar-refractivity contribution in [3.05, 3.63) is 25.6 Å². The van der Waals surface area contributed by atoms with Crippen LogP contribution in [0.25, 0.3) is 0 Å². The monoisotopic (exact) mass is 396 g/mol. The minimum atomic E-state index is -0.377. The largest absolute Gasteiger partial charge is 0.380 e. The molecule has 0 bridgehead atoms. The standard InChI is InChI=1S/C21H40N4O3/c1-10-23-24-25(11-2)20(6,7)12-16-28-21(8,9)13-15-27-17-14-22-18(26)19(3,4)5/h10-11H,1-2,12-17H2,3-9H3,(H,22,26). The lowest BCUT2D eigenvalue weighted by Gasteiger charge is -2.34. The van der Waals surface area contributed by atoms with Crippen molar-refractivity contribution in [1.82, 2.24) is 10.3 Å². The second kappa shape index (κ2) is 12.0. The average Bonchev–Trinajstić information content (AvgIpc) is 2.56. The Kier molecular flexibility index (Phi) is 11.2. The van der Waals surface area contributed by atoms with Crippen molar-refractivity contribution in [3.8, 4) is 0 Å². The molecule has 0 spiro atoms. The van der Waals surface area contributed by atoms with Gasteiger partial charge in [0.25, 0.3) is 0 Å². The second-order valence-electron chi connectivity index (χ2n) is 8.95. The van der Waals surface area contributed by atoms with Gasteiger partial charge in [-0.3, -0.25) is 4.79 Å². The second-order valence-corrected chi connectivity index (χ2v) is 8.95. The van der Waals surface area contributed by atoms with E-state index in [-0.39, 0.29) is 22.5 Å². The Morgan fingerprint density at radius 1 is 1.04 bits per heavy atom. The van der Waals surface area contributed by atoms with Crippen molar-refractivity contribution in [2.75, 3.05) is 26.4 Å². The first-order valence-corrected chi connectivity index (χ1v) is 9.79. The molecule has 0 aliphatic rings. The summed E-state index contributed by atoms with van der Waals surface area (Å²) < 4.78 is 11.7. The van der Waals surface area contributed by atoms with Crippen molar-refractivity contribution in [3.63, 3.8) is 0 Å². The Balaban J connectivity index is 4.14. The zero-order valence-electron chi connectivity index (χ0n) is 18.9. The number of amides is 1. The van der Waals surface area contributed by atoms with Gasteiger partial charge in [-0.2, -0.15) is 0 Å². The van der Waals surface area contributed by atoms with Crippen molar-refractivity contribution < 1.29 is 14.3 Å². The summed E-state index contributed by atoms with van der Waals surface area (Å²) in [6, 6.07) is 0. The van der Waals surface area contributed by atoms with E-state index in [2.05, 4.69) is 42.7 Å². The molecule has 0 aromatic carbocycles. The highest BCUT2D eigenvalue weighted by Gasteiger charge is 2.26. The lowest BCUT2D eigenvalue weighted by molar-refractivity contribution is -0.128. The molecule has 1 amide bonds. The molecule has 0 atom stereocenters. The van der Waals surface area contributed by atoms with Crippen molar-refractivity contribution >= 4 is 5.91 Å². The molecule has 0 fully saturated rings. The minimum absolute atomic E-state index is 0.0311. The van der Waals surface area contributed by atoms with E-state index < -0.39 is 0 Å². The van der Waals surface area contributed by atoms with Crippen LogP contribution in [0.3, 0.4) is 0 Å². The van der Waals surface area contributed by atoms with Crippen LogP contribution in [-0.4, -0.2) is 48.4 Å². The highest BCUT2D eigenvalue weighted by atomic mass is 16.5. The summed E-state index contributed by atoms with van der Waals surface area (Å²) in [4.78, 5) is 11.8. The maximum Gasteiger partial charge on any atom is 0.225 e. The first-order chi connectivity index (χ1) is 12.9. The zero-order chi connectivity index (χ0) is 21.8. The van der Waals surface area contributed by atoms with E-state index in [0.29, 0.717) is 26.4 Å². The highest BCUT2D eigenvalue weighted by molar-refractivity contribution is 5.81. The number of hydrogen-bond donors (Lipinski definition) is 1. The van der Waals surface area contributed by atoms with E-state index in [1.807, 2.05) is 34.6 Å². The summed E-state index contributed by atoms with van der Waals surface area (Å²) in [7, 11) is 0. The number of nitrogens with one attached hydrogen (secondary N) is 1. The third kappa shape index (κ3) is 11.2. The molecule has 0 rings (SSSR count). The fourth-order valence-electron chi connectivity index (χ4n) is 2.18. The van der Waals surface area contributed by atoms with Crippen molar-refractivity contribution in [1.29, 1.82) is 0 Å². The molecule has 0 saturated heterocycles. The molecular formula is C21H40N4O3. The summed E-state index contributed by atoms with van der Waals surface area (Å²) in [6.45, 7) is 23.4. The van der Waals surface area contributed by atoms with Crippen molar-refractivity contribution in [2.45, 2.75) is 72.4 Å². The topological polar surface area (TPSA) is 75.5 Å². The van der Waals surface area contributed by atoms with Crippen LogP contribution in [0.1, 0.15) is 61.3 Å². The van der Waals surface area contributed by atoms with Crippen LogP contribution < -0.4 is 5.32 Å². The highest BCUT2D eigenvalue weighted by Crippen LogP contribution is 2.22. The van der Waals surface area contributed by atoms with E-state index in [4.69, 9.17) is 9.47 Å². The molecule has 162 valence electrons. The smallest absolute Gasteiger partial charge is 0.225 e. The van der Waals surface area contributed by atoms with Gasteiger partial charge >= 0.3 is 0 Å². The molecule has 0 aromatic rings. The minimum Gasteiger partial charge on any atom is -0.380 e. The van der Waals surface area contributed by atoms with Gasteiger partial charge in [-0.05, 0) is 40.5 Å². The lowest BCUT2D eigenvalue weighted by Crippen LogP contribution is -2.39. The average molecular weight is 397 g/mol. The SMILES string of the molecule is C=CN=NN(C=C)C(C)(C)CCOC(C)(C)CCOCCNC(=O)C(C)(C)C. The van der Waals surface area contributed by atoms with Crippen LogP contribution in [0.4, 0.5) is 0 Å². The molecule has 7 heteroatoms. The number of rotatable bonds is 14. The third-order valence-electron chi connectivity index (χ3n) is 4.29. The zero-order valence-corrected chi connectivity index (χ0v) is 18.9. The molecule has 0 heterocycles. The molecule has 0 aliphatic carbocycles. The van der Waals surface area contributed by atoms with E-state index in [1.54, 1.807) is 11.2 Å². The number of ether oxygens (including phenoxy) is 2. The Morgan fingerprint density at radius 2 is 1.68 bits per heavy atom. The molecule has 7 nitrogen and oxygen atoms in total. The van der Waals surface area contributed by atoms with Gasteiger partial charge in [0, 0.05) is 37.6 Å². The van der Waals surface area contributed by atoms with Gasteiger partial charge < -0.3 is 14.8 Å². The van der Waals surface area contributed by atoms with Crippen LogP contribution in [0.15, 0.2) is 35.9 Å². The Hall–Kier alpha value is -1.73. The van der Waals surface area contributed by atoms with Gasteiger partial charge in [0.15, 0.2) is 0 Å². The number of carbonyl (C=O) groups is 1. The molecule has 0 radical (unpaired) electrons. The summed E-state index contributed by atoms with van der Waals surface area (Å²) in [5.41, 5.74) is -0.948. The number of carbonyl (C=O) groups excluding carboxylic acids is 1. The maximum atomic E-state index is 11.8. The van der Waals surface area contributed by atoms with Gasteiger partial charge in [0.2, 0.25) is 5.91 Å². The lowest BCUT2D eigenvalue weighted by atomic mass is 9.96. The maximum absolute atomic E-state index is 11.8. The van der Waals surface area contributed by atoms with Crippen LogP contribution in [-0.2, 0) is 14.3 Å². The van der Waals surface area contributed by atoms with Crippen LogP contribution in [0.2, 0.25) is 0 Å². The predicted molar refractivity (Wildman–Crippen MR) is 114 cm³/mol. The summed E-state index contributed by atoms with van der Waals surface area (Å²) in [6.07, 6.45) is 4.56. The molecule has 0 aromatic heterocycles. The third-order valence-corrected chi connectivity index (χ3v) is 4.29. The van der Waals surface area contributed by atoms with Crippen LogP contribution in [0, 0.1) is 5.41 Å². The number of hydrogen-bond acceptors (Lipinski definition) is 5. The van der Waals surface area contributed by atoms with Gasteiger partial charge in [-0.15, -0.1) is 5.11 Å². The van der Waals surface area contributed by atoms with Gasteiger partial charge in [-0.1, -0.05) is 39.2 Å². The van der Waals surface area contributed by atoms with Gasteiger partial charge in [0.1, 0.15) is 0 Å².